The van der Waals surface area contributed by atoms with Crippen molar-refractivity contribution in [1.29, 1.82) is 0 Å². The van der Waals surface area contributed by atoms with Crippen molar-refractivity contribution in [3.63, 3.8) is 0 Å². The Kier molecular flexibility index (Phi) is 5.52. The Morgan fingerprint density at radius 1 is 1.33 bits per heavy atom. The third kappa shape index (κ3) is 3.12. The number of aryl methyl sites for hydroxylation is 1. The summed E-state index contributed by atoms with van der Waals surface area (Å²) >= 11 is 0. The minimum atomic E-state index is 0.587. The zero-order valence-corrected chi connectivity index (χ0v) is 8.85. The molecule has 0 N–H and O–H groups in total. The molecule has 1 heteroatoms. The van der Waals surface area contributed by atoms with Crippen LogP contribution in [-0.4, -0.2) is 0 Å². The van der Waals surface area contributed by atoms with Gasteiger partial charge in [0.05, 0.1) is 6.26 Å². The smallest absolute Gasteiger partial charge is 0.103 e. The normalized spacial score (nSPS) is 9.50. The minimum Gasteiger partial charge on any atom is -0.469 e. The van der Waals surface area contributed by atoms with Crippen LogP contribution in [0.15, 0.2) is 16.7 Å². The molecule has 1 aromatic rings. The summed E-state index contributed by atoms with van der Waals surface area (Å²) in [7, 11) is 0. The molecular formula is C11H20O. The Labute approximate surface area is 75.8 Å². The summed E-state index contributed by atoms with van der Waals surface area (Å²) in [5.41, 5.74) is 1.30. The van der Waals surface area contributed by atoms with Crippen LogP contribution in [0.1, 0.15) is 51.9 Å². The average molecular weight is 168 g/mol. The van der Waals surface area contributed by atoms with Crippen molar-refractivity contribution >= 4 is 0 Å². The average Bonchev–Trinajstić information content (AvgIpc) is 2.55. The van der Waals surface area contributed by atoms with E-state index in [2.05, 4.69) is 26.8 Å². The van der Waals surface area contributed by atoms with Crippen molar-refractivity contribution in [3.05, 3.63) is 23.7 Å². The molecule has 70 valence electrons. The topological polar surface area (TPSA) is 13.1 Å². The summed E-state index contributed by atoms with van der Waals surface area (Å²) in [6.07, 6.45) is 2.84. The van der Waals surface area contributed by atoms with Crippen molar-refractivity contribution < 1.29 is 4.42 Å². The number of hydrogen-bond donors (Lipinski definition) is 0. The molecule has 1 rings (SSSR count). The first-order valence-corrected chi connectivity index (χ1v) is 4.81. The molecule has 0 aliphatic heterocycles. The van der Waals surface area contributed by atoms with Gasteiger partial charge in [0.2, 0.25) is 0 Å². The first kappa shape index (κ1) is 11.3. The lowest BCUT2D eigenvalue weighted by molar-refractivity contribution is 0.513. The number of rotatable bonds is 2. The highest BCUT2D eigenvalue weighted by molar-refractivity contribution is 5.15. The third-order valence-electron chi connectivity index (χ3n) is 1.69. The fraction of sp³-hybridized carbons (Fsp3) is 0.636. The molecular weight excluding hydrogens is 148 g/mol. The fourth-order valence-electron chi connectivity index (χ4n) is 0.886. The molecule has 0 saturated carbocycles. The van der Waals surface area contributed by atoms with E-state index in [4.69, 9.17) is 4.42 Å². The second kappa shape index (κ2) is 5.87. The maximum absolute atomic E-state index is 5.28. The van der Waals surface area contributed by atoms with E-state index in [9.17, 15) is 0 Å². The molecule has 0 spiro atoms. The van der Waals surface area contributed by atoms with E-state index in [-0.39, 0.29) is 0 Å². The van der Waals surface area contributed by atoms with E-state index in [0.717, 1.165) is 12.2 Å². The highest BCUT2D eigenvalue weighted by atomic mass is 16.3. The predicted octanol–water partition coefficient (Wildman–Crippen LogP) is 3.99. The van der Waals surface area contributed by atoms with Crippen LogP contribution in [0.2, 0.25) is 0 Å². The van der Waals surface area contributed by atoms with E-state index in [1.807, 2.05) is 20.1 Å². The van der Waals surface area contributed by atoms with Crippen molar-refractivity contribution in [1.82, 2.24) is 0 Å². The van der Waals surface area contributed by atoms with Crippen molar-refractivity contribution in [2.24, 2.45) is 0 Å². The highest BCUT2D eigenvalue weighted by Crippen LogP contribution is 2.17. The van der Waals surface area contributed by atoms with E-state index in [0.29, 0.717) is 5.92 Å². The molecule has 0 aliphatic rings. The summed E-state index contributed by atoms with van der Waals surface area (Å²) < 4.78 is 5.28. The molecule has 1 aromatic heterocycles. The van der Waals surface area contributed by atoms with Crippen LogP contribution in [0.4, 0.5) is 0 Å². The minimum absolute atomic E-state index is 0.587. The summed E-state index contributed by atoms with van der Waals surface area (Å²) in [6, 6.07) is 2.13. The molecule has 0 radical (unpaired) electrons. The largest absolute Gasteiger partial charge is 0.469 e. The summed E-state index contributed by atoms with van der Waals surface area (Å²) in [4.78, 5) is 0. The van der Waals surface area contributed by atoms with Gasteiger partial charge in [0.1, 0.15) is 5.76 Å². The van der Waals surface area contributed by atoms with Crippen LogP contribution in [0, 0.1) is 0 Å². The fourth-order valence-corrected chi connectivity index (χ4v) is 0.886. The van der Waals surface area contributed by atoms with Crippen LogP contribution in [0.5, 0.6) is 0 Å². The first-order chi connectivity index (χ1) is 5.74. The van der Waals surface area contributed by atoms with Gasteiger partial charge in [-0.05, 0) is 17.5 Å². The predicted molar refractivity (Wildman–Crippen MR) is 53.5 cm³/mol. The second-order valence-corrected chi connectivity index (χ2v) is 2.85. The number of furan rings is 1. The number of hydrogen-bond acceptors (Lipinski definition) is 1. The molecule has 0 aromatic carbocycles. The van der Waals surface area contributed by atoms with Crippen LogP contribution in [-0.2, 0) is 6.42 Å². The first-order valence-electron chi connectivity index (χ1n) is 4.81. The zero-order valence-electron chi connectivity index (χ0n) is 8.85. The van der Waals surface area contributed by atoms with Gasteiger partial charge < -0.3 is 4.42 Å². The molecule has 0 bridgehead atoms. The van der Waals surface area contributed by atoms with Gasteiger partial charge >= 0.3 is 0 Å². The standard InChI is InChI=1S/C9H14O.C2H6/c1-4-9-5-8(6-10-9)7(2)3;1-2/h5-7H,4H2,1-3H3;1-2H3. The zero-order chi connectivity index (χ0) is 9.56. The lowest BCUT2D eigenvalue weighted by Gasteiger charge is -1.95. The molecule has 0 aliphatic carbocycles. The Balaban J connectivity index is 0.000000561. The Bertz CT molecular complexity index is 199. The quantitative estimate of drug-likeness (QED) is 0.650. The molecule has 1 nitrogen and oxygen atoms in total. The van der Waals surface area contributed by atoms with Crippen molar-refractivity contribution in [2.75, 3.05) is 0 Å². The van der Waals surface area contributed by atoms with E-state index >= 15 is 0 Å². The molecule has 0 atom stereocenters. The third-order valence-corrected chi connectivity index (χ3v) is 1.69. The summed E-state index contributed by atoms with van der Waals surface area (Å²) in [5, 5.41) is 0. The highest BCUT2D eigenvalue weighted by Gasteiger charge is 2.02. The summed E-state index contributed by atoms with van der Waals surface area (Å²) in [6.45, 7) is 10.4. The lowest BCUT2D eigenvalue weighted by atomic mass is 10.1. The Morgan fingerprint density at radius 2 is 1.92 bits per heavy atom. The van der Waals surface area contributed by atoms with Crippen LogP contribution in [0.3, 0.4) is 0 Å². The van der Waals surface area contributed by atoms with Gasteiger partial charge in [0.25, 0.3) is 0 Å². The van der Waals surface area contributed by atoms with Crippen LogP contribution < -0.4 is 0 Å². The van der Waals surface area contributed by atoms with Gasteiger partial charge in [-0.2, -0.15) is 0 Å². The maximum atomic E-state index is 5.28. The molecule has 0 fully saturated rings. The van der Waals surface area contributed by atoms with Crippen molar-refractivity contribution in [3.8, 4) is 0 Å². The van der Waals surface area contributed by atoms with Gasteiger partial charge in [-0.3, -0.25) is 0 Å². The van der Waals surface area contributed by atoms with Gasteiger partial charge in [0.15, 0.2) is 0 Å². The second-order valence-electron chi connectivity index (χ2n) is 2.85. The molecule has 0 amide bonds. The van der Waals surface area contributed by atoms with Crippen LogP contribution in [0.25, 0.3) is 0 Å². The van der Waals surface area contributed by atoms with E-state index in [1.165, 1.54) is 5.56 Å². The van der Waals surface area contributed by atoms with E-state index in [1.54, 1.807) is 0 Å². The molecule has 1 heterocycles. The van der Waals surface area contributed by atoms with Crippen molar-refractivity contribution in [2.45, 2.75) is 47.0 Å². The van der Waals surface area contributed by atoms with Gasteiger partial charge in [-0.25, -0.2) is 0 Å². The monoisotopic (exact) mass is 168 g/mol. The van der Waals surface area contributed by atoms with Gasteiger partial charge in [0, 0.05) is 6.42 Å². The SMILES string of the molecule is CC.CCc1cc(C(C)C)co1. The van der Waals surface area contributed by atoms with Gasteiger partial charge in [-0.1, -0.05) is 34.6 Å². The lowest BCUT2D eigenvalue weighted by Crippen LogP contribution is -1.80. The Morgan fingerprint density at radius 3 is 2.17 bits per heavy atom. The van der Waals surface area contributed by atoms with Gasteiger partial charge in [-0.15, -0.1) is 0 Å². The Hall–Kier alpha value is -0.720. The summed E-state index contributed by atoms with van der Waals surface area (Å²) in [5.74, 6) is 1.67. The van der Waals surface area contributed by atoms with Crippen LogP contribution >= 0.6 is 0 Å². The molecule has 0 saturated heterocycles. The maximum Gasteiger partial charge on any atom is 0.103 e. The van der Waals surface area contributed by atoms with E-state index < -0.39 is 0 Å². The molecule has 12 heavy (non-hydrogen) atoms. The molecule has 0 unspecified atom stereocenters.